The van der Waals surface area contributed by atoms with Gasteiger partial charge in [-0.2, -0.15) is 0 Å². The SMILES string of the molecule is C[CH]=[Ti]([CH2]c1ccccc1)([CH2]c1ccccc1)([CH]1C=Cc2ccccc21)[CH]1c2ccccc2-c2ccccc21. The van der Waals surface area contributed by atoms with Crippen LogP contribution in [0.3, 0.4) is 0 Å². The second-order valence-electron chi connectivity index (χ2n) is 11.7. The van der Waals surface area contributed by atoms with E-state index < -0.39 is 14.8 Å². The first-order valence-electron chi connectivity index (χ1n) is 14.2. The van der Waals surface area contributed by atoms with Crippen LogP contribution in [0.1, 0.15) is 48.7 Å². The summed E-state index contributed by atoms with van der Waals surface area (Å²) in [5.41, 5.74) is 11.7. The fourth-order valence-corrected chi connectivity index (χ4v) is 21.8. The molecule has 0 N–H and O–H groups in total. The van der Waals surface area contributed by atoms with E-state index in [1.165, 1.54) is 44.5 Å². The molecule has 1 atom stereocenters. The normalized spacial score (nSPS) is 16.0. The third-order valence-corrected chi connectivity index (χ3v) is 22.7. The summed E-state index contributed by atoms with van der Waals surface area (Å²) in [5, 5.41) is 0. The minimum absolute atomic E-state index is 0.376. The first-order valence-corrected chi connectivity index (χ1v) is 19.1. The summed E-state index contributed by atoms with van der Waals surface area (Å²) in [6, 6.07) is 50.4. The number of allylic oxidation sites excluding steroid dienone is 1. The third-order valence-electron chi connectivity index (χ3n) is 9.87. The van der Waals surface area contributed by atoms with Crippen molar-refractivity contribution in [2.45, 2.75) is 24.8 Å². The molecule has 1 unspecified atom stereocenters. The van der Waals surface area contributed by atoms with Crippen LogP contribution in [0.25, 0.3) is 17.2 Å². The Morgan fingerprint density at radius 2 is 1.00 bits per heavy atom. The zero-order valence-corrected chi connectivity index (χ0v) is 24.1. The van der Waals surface area contributed by atoms with Gasteiger partial charge >= 0.3 is 234 Å². The molecule has 190 valence electrons. The topological polar surface area (TPSA) is 0 Å². The molecule has 2 aliphatic rings. The zero-order chi connectivity index (χ0) is 26.3. The molecule has 0 spiro atoms. The average Bonchev–Trinajstić information content (AvgIpc) is 3.59. The summed E-state index contributed by atoms with van der Waals surface area (Å²) >= 11 is -3.98. The Kier molecular flexibility index (Phi) is 6.00. The van der Waals surface area contributed by atoms with Crippen LogP contribution < -0.4 is 0 Å². The minimum atomic E-state index is -3.98. The van der Waals surface area contributed by atoms with Crippen molar-refractivity contribution in [1.29, 1.82) is 0 Å². The Labute approximate surface area is 233 Å². The van der Waals surface area contributed by atoms with Crippen molar-refractivity contribution in [2.24, 2.45) is 0 Å². The Hall–Kier alpha value is -3.58. The quantitative estimate of drug-likeness (QED) is 0.189. The van der Waals surface area contributed by atoms with Gasteiger partial charge in [-0.15, -0.1) is 0 Å². The number of benzene rings is 5. The van der Waals surface area contributed by atoms with Gasteiger partial charge < -0.3 is 0 Å². The number of fused-ring (bicyclic) bond motifs is 4. The molecule has 0 radical (unpaired) electrons. The molecule has 0 bridgehead atoms. The Bertz CT molecular complexity index is 1670. The van der Waals surface area contributed by atoms with Gasteiger partial charge in [0.15, 0.2) is 0 Å². The van der Waals surface area contributed by atoms with Crippen LogP contribution in [0, 0.1) is 0 Å². The van der Waals surface area contributed by atoms with Gasteiger partial charge in [0.05, 0.1) is 0 Å². The number of hydrogen-bond acceptors (Lipinski definition) is 0. The maximum atomic E-state index is 2.80. The van der Waals surface area contributed by atoms with E-state index in [-0.39, 0.29) is 0 Å². The van der Waals surface area contributed by atoms with Crippen molar-refractivity contribution in [3.05, 3.63) is 173 Å². The fraction of sp³-hybridized carbons (Fsp3) is 0.132. The second kappa shape index (κ2) is 9.56. The van der Waals surface area contributed by atoms with Crippen LogP contribution >= 0.6 is 0 Å². The summed E-state index contributed by atoms with van der Waals surface area (Å²) in [6.07, 6.45) is 5.01. The third kappa shape index (κ3) is 3.74. The van der Waals surface area contributed by atoms with Gasteiger partial charge in [0.25, 0.3) is 0 Å². The van der Waals surface area contributed by atoms with Gasteiger partial charge in [-0.05, 0) is 0 Å². The summed E-state index contributed by atoms with van der Waals surface area (Å²) in [7, 11) is 0. The van der Waals surface area contributed by atoms with Crippen LogP contribution in [-0.2, 0) is 24.3 Å². The molecule has 5 aromatic carbocycles. The summed E-state index contributed by atoms with van der Waals surface area (Å²) in [6.45, 7) is 2.42. The van der Waals surface area contributed by atoms with E-state index in [1.807, 2.05) is 0 Å². The molecule has 0 fully saturated rings. The Morgan fingerprint density at radius 3 is 1.54 bits per heavy atom. The molecule has 5 aromatic rings. The van der Waals surface area contributed by atoms with Gasteiger partial charge in [0, 0.05) is 0 Å². The fourth-order valence-electron chi connectivity index (χ4n) is 8.25. The molecule has 39 heavy (non-hydrogen) atoms. The van der Waals surface area contributed by atoms with E-state index in [2.05, 4.69) is 157 Å². The van der Waals surface area contributed by atoms with Gasteiger partial charge in [-0.1, -0.05) is 0 Å². The first kappa shape index (κ1) is 24.5. The standard InChI is InChI=1S/C13H9.C9H7.2C7H7.C2H4.Ti/c1-3-7-12-10(5-1)9-11-6-2-4-8-13(11)12;1-2-5-9-7-3-6-8(9)4-1;2*1-7-5-3-2-4-6-7;1-2;/h1-9H;1-7H;2*2-6H,1H2;1H,2H3;. The molecule has 0 saturated heterocycles. The molecule has 0 aliphatic heterocycles. The summed E-state index contributed by atoms with van der Waals surface area (Å²) in [4.78, 5) is 0. The monoisotopic (exact) mass is 538 g/mol. The molecular formula is C38H34Ti. The van der Waals surface area contributed by atoms with Crippen LogP contribution in [0.5, 0.6) is 0 Å². The molecule has 1 heteroatoms. The predicted molar refractivity (Wildman–Crippen MR) is 164 cm³/mol. The van der Waals surface area contributed by atoms with Crippen molar-refractivity contribution < 1.29 is 14.8 Å². The number of rotatable bonds is 6. The van der Waals surface area contributed by atoms with Gasteiger partial charge in [0.2, 0.25) is 0 Å². The molecule has 2 aliphatic carbocycles. The van der Waals surface area contributed by atoms with Crippen LogP contribution in [0.15, 0.2) is 140 Å². The molecule has 0 saturated carbocycles. The molecular weight excluding hydrogens is 504 g/mol. The molecule has 0 amide bonds. The molecule has 0 nitrogen and oxygen atoms in total. The Morgan fingerprint density at radius 1 is 0.538 bits per heavy atom. The van der Waals surface area contributed by atoms with Crippen molar-refractivity contribution in [1.82, 2.24) is 0 Å². The molecule has 7 rings (SSSR count). The van der Waals surface area contributed by atoms with Gasteiger partial charge in [-0.3, -0.25) is 0 Å². The summed E-state index contributed by atoms with van der Waals surface area (Å²) < 4.78 is 5.83. The Balaban J connectivity index is 1.62. The number of hydrogen-bond donors (Lipinski definition) is 0. The zero-order valence-electron chi connectivity index (χ0n) is 22.5. The summed E-state index contributed by atoms with van der Waals surface area (Å²) in [5.74, 6) is 0. The predicted octanol–water partition coefficient (Wildman–Crippen LogP) is 9.44. The van der Waals surface area contributed by atoms with E-state index >= 15 is 0 Å². The van der Waals surface area contributed by atoms with Crippen LogP contribution in [0.4, 0.5) is 0 Å². The van der Waals surface area contributed by atoms with Crippen molar-refractivity contribution >= 4 is 10.4 Å². The van der Waals surface area contributed by atoms with E-state index in [4.69, 9.17) is 0 Å². The van der Waals surface area contributed by atoms with Crippen molar-refractivity contribution in [3.63, 3.8) is 0 Å². The van der Waals surface area contributed by atoms with Crippen molar-refractivity contribution in [3.8, 4) is 11.1 Å². The van der Waals surface area contributed by atoms with E-state index in [1.54, 1.807) is 0 Å². The van der Waals surface area contributed by atoms with Crippen LogP contribution in [0.2, 0.25) is 0 Å². The second-order valence-corrected chi connectivity index (χ2v) is 21.7. The van der Waals surface area contributed by atoms with Gasteiger partial charge in [0.1, 0.15) is 0 Å². The van der Waals surface area contributed by atoms with Crippen LogP contribution in [-0.4, -0.2) is 4.31 Å². The van der Waals surface area contributed by atoms with E-state index in [0.717, 1.165) is 9.45 Å². The molecule has 0 heterocycles. The maximum absolute atomic E-state index is 3.98. The van der Waals surface area contributed by atoms with E-state index in [9.17, 15) is 0 Å². The first-order chi connectivity index (χ1) is 19.2. The van der Waals surface area contributed by atoms with E-state index in [0.29, 0.717) is 8.45 Å². The average molecular weight is 539 g/mol. The van der Waals surface area contributed by atoms with Gasteiger partial charge in [-0.25, -0.2) is 0 Å². The molecule has 0 aromatic heterocycles. The van der Waals surface area contributed by atoms with Crippen molar-refractivity contribution in [2.75, 3.05) is 0 Å².